The molecule has 0 atom stereocenters. The van der Waals surface area contributed by atoms with E-state index in [4.69, 9.17) is 10.00 Å². The van der Waals surface area contributed by atoms with E-state index in [0.717, 1.165) is 5.39 Å². The van der Waals surface area contributed by atoms with E-state index in [1.807, 2.05) is 6.07 Å². The summed E-state index contributed by atoms with van der Waals surface area (Å²) >= 11 is 0. The van der Waals surface area contributed by atoms with Crippen LogP contribution >= 0.6 is 0 Å². The fraction of sp³-hybridized carbons (Fsp3) is 0.235. The predicted octanol–water partition coefficient (Wildman–Crippen LogP) is 2.29. The number of nitrogens with one attached hydrogen (secondary N) is 2. The monoisotopic (exact) mass is 326 g/mol. The van der Waals surface area contributed by atoms with Crippen LogP contribution in [0, 0.1) is 11.3 Å². The molecule has 0 radical (unpaired) electrons. The number of methoxy groups -OCH3 is 1. The van der Waals surface area contributed by atoms with Gasteiger partial charge in [-0.15, -0.1) is 0 Å². The Bertz CT molecular complexity index is 872. The third-order valence-corrected chi connectivity index (χ3v) is 3.25. The average molecular weight is 326 g/mol. The molecule has 1 heterocycles. The van der Waals surface area contributed by atoms with Gasteiger partial charge >= 0.3 is 0 Å². The molecular weight excluding hydrogens is 308 g/mol. The number of aromatic nitrogens is 1. The highest BCUT2D eigenvalue weighted by molar-refractivity contribution is 6.12. The van der Waals surface area contributed by atoms with Gasteiger partial charge in [0.2, 0.25) is 11.7 Å². The topological polar surface area (TPSA) is 98.2 Å². The summed E-state index contributed by atoms with van der Waals surface area (Å²) in [6.07, 6.45) is 1.47. The molecule has 24 heavy (non-hydrogen) atoms. The van der Waals surface area contributed by atoms with Gasteiger partial charge in [0, 0.05) is 38.1 Å². The van der Waals surface area contributed by atoms with Gasteiger partial charge in [0.05, 0.1) is 18.5 Å². The van der Waals surface area contributed by atoms with E-state index in [2.05, 4.69) is 10.3 Å². The minimum Gasteiger partial charge on any atom is -0.495 e. The van der Waals surface area contributed by atoms with Crippen LogP contribution in [0.2, 0.25) is 0 Å². The molecule has 0 aliphatic heterocycles. The number of ether oxygens (including phenoxy) is 1. The number of hydrogen-bond donors (Lipinski definition) is 2. The molecule has 0 unspecified atom stereocenters. The van der Waals surface area contributed by atoms with Crippen molar-refractivity contribution in [1.82, 2.24) is 9.88 Å². The average Bonchev–Trinajstić information content (AvgIpc) is 2.93. The molecule has 1 aromatic heterocycles. The van der Waals surface area contributed by atoms with Crippen molar-refractivity contribution in [2.75, 3.05) is 26.5 Å². The van der Waals surface area contributed by atoms with Crippen molar-refractivity contribution in [3.63, 3.8) is 0 Å². The number of carbonyl (C=O) groups is 2. The number of benzene rings is 1. The molecule has 0 fully saturated rings. The molecule has 7 heteroatoms. The SMILES string of the molecule is COc1cc2cc(C(=O)/C(C#N)=C/N(C)C)[nH]c2cc1NC(C)=O. The molecule has 0 saturated heterocycles. The van der Waals surface area contributed by atoms with Gasteiger partial charge in [-0.3, -0.25) is 9.59 Å². The molecule has 1 aromatic carbocycles. The number of aromatic amines is 1. The summed E-state index contributed by atoms with van der Waals surface area (Å²) in [4.78, 5) is 28.3. The number of ketones is 1. The molecule has 0 saturated carbocycles. The van der Waals surface area contributed by atoms with E-state index in [-0.39, 0.29) is 11.5 Å². The third-order valence-electron chi connectivity index (χ3n) is 3.25. The molecule has 0 bridgehead atoms. The zero-order chi connectivity index (χ0) is 17.9. The number of carbonyl (C=O) groups excluding carboxylic acids is 2. The van der Waals surface area contributed by atoms with Gasteiger partial charge in [0.25, 0.3) is 0 Å². The van der Waals surface area contributed by atoms with Crippen molar-refractivity contribution < 1.29 is 14.3 Å². The summed E-state index contributed by atoms with van der Waals surface area (Å²) in [5.74, 6) is -0.140. The van der Waals surface area contributed by atoms with Crippen molar-refractivity contribution in [3.05, 3.63) is 35.7 Å². The maximum absolute atomic E-state index is 12.4. The number of anilines is 1. The molecule has 0 aliphatic rings. The van der Waals surface area contributed by atoms with Crippen molar-refractivity contribution in [2.45, 2.75) is 6.92 Å². The summed E-state index contributed by atoms with van der Waals surface area (Å²) in [6, 6.07) is 6.96. The van der Waals surface area contributed by atoms with Gasteiger partial charge < -0.3 is 19.9 Å². The number of fused-ring (bicyclic) bond motifs is 1. The first kappa shape index (κ1) is 17.1. The highest BCUT2D eigenvalue weighted by atomic mass is 16.5. The molecule has 0 aliphatic carbocycles. The molecule has 0 spiro atoms. The number of nitriles is 1. The molecule has 2 N–H and O–H groups in total. The minimum absolute atomic E-state index is 0.0283. The number of nitrogens with zero attached hydrogens (tertiary/aromatic N) is 2. The Labute approximate surface area is 139 Å². The third kappa shape index (κ3) is 3.55. The normalized spacial score (nSPS) is 11.0. The van der Waals surface area contributed by atoms with Crippen LogP contribution in [0.3, 0.4) is 0 Å². The first-order valence-corrected chi connectivity index (χ1v) is 7.17. The van der Waals surface area contributed by atoms with Crippen LogP contribution in [0.25, 0.3) is 10.9 Å². The van der Waals surface area contributed by atoms with Gasteiger partial charge in [0.15, 0.2) is 0 Å². The van der Waals surface area contributed by atoms with Gasteiger partial charge in [-0.2, -0.15) is 5.26 Å². The van der Waals surface area contributed by atoms with Crippen LogP contribution in [0.15, 0.2) is 30.0 Å². The fourth-order valence-corrected chi connectivity index (χ4v) is 2.28. The second-order valence-electron chi connectivity index (χ2n) is 5.45. The lowest BCUT2D eigenvalue weighted by atomic mass is 10.1. The molecule has 2 aromatic rings. The molecule has 124 valence electrons. The van der Waals surface area contributed by atoms with Crippen LogP contribution in [-0.4, -0.2) is 42.8 Å². The van der Waals surface area contributed by atoms with E-state index in [0.29, 0.717) is 22.6 Å². The highest BCUT2D eigenvalue weighted by Crippen LogP contribution is 2.31. The number of rotatable bonds is 5. The van der Waals surface area contributed by atoms with E-state index < -0.39 is 5.78 Å². The van der Waals surface area contributed by atoms with Crippen LogP contribution in [-0.2, 0) is 4.79 Å². The van der Waals surface area contributed by atoms with Crippen molar-refractivity contribution in [1.29, 1.82) is 5.26 Å². The molecule has 7 nitrogen and oxygen atoms in total. The van der Waals surface area contributed by atoms with E-state index in [9.17, 15) is 9.59 Å². The zero-order valence-electron chi connectivity index (χ0n) is 13.9. The van der Waals surface area contributed by atoms with Gasteiger partial charge in [-0.1, -0.05) is 0 Å². The van der Waals surface area contributed by atoms with E-state index in [1.54, 1.807) is 37.2 Å². The lowest BCUT2D eigenvalue weighted by Gasteiger charge is -2.08. The lowest BCUT2D eigenvalue weighted by Crippen LogP contribution is -2.09. The predicted molar refractivity (Wildman–Crippen MR) is 90.9 cm³/mol. The highest BCUT2D eigenvalue weighted by Gasteiger charge is 2.17. The maximum atomic E-state index is 12.4. The minimum atomic E-state index is -0.401. The summed E-state index contributed by atoms with van der Waals surface area (Å²) in [6.45, 7) is 1.40. The first-order chi connectivity index (χ1) is 11.3. The quantitative estimate of drug-likeness (QED) is 0.499. The number of allylic oxidation sites excluding steroid dienone is 1. The summed E-state index contributed by atoms with van der Waals surface area (Å²) in [5.41, 5.74) is 1.48. The summed E-state index contributed by atoms with van der Waals surface area (Å²) in [7, 11) is 4.97. The number of Topliss-reactive ketones (excluding diaryl/α,β-unsaturated/α-hetero) is 1. The molecular formula is C17H18N4O3. The van der Waals surface area contributed by atoms with Crippen molar-refractivity contribution in [2.24, 2.45) is 0 Å². The molecule has 1 amide bonds. The Hall–Kier alpha value is -3.27. The summed E-state index contributed by atoms with van der Waals surface area (Å²) < 4.78 is 5.26. The Morgan fingerprint density at radius 3 is 2.58 bits per heavy atom. The van der Waals surface area contributed by atoms with Crippen LogP contribution in [0.4, 0.5) is 5.69 Å². The second-order valence-corrected chi connectivity index (χ2v) is 5.45. The standard InChI is InChI=1S/C17H18N4O3/c1-10(22)19-14-7-13-11(6-16(14)24-4)5-15(20-13)17(23)12(8-18)9-21(2)3/h5-7,9,20H,1-4H3,(H,19,22)/b12-9+. The number of hydrogen-bond acceptors (Lipinski definition) is 5. The lowest BCUT2D eigenvalue weighted by molar-refractivity contribution is -0.114. The molecule has 2 rings (SSSR count). The van der Waals surface area contributed by atoms with Crippen LogP contribution in [0.5, 0.6) is 5.75 Å². The number of H-pyrrole nitrogens is 1. The Morgan fingerprint density at radius 2 is 2.04 bits per heavy atom. The van der Waals surface area contributed by atoms with E-state index >= 15 is 0 Å². The van der Waals surface area contributed by atoms with Crippen LogP contribution in [0.1, 0.15) is 17.4 Å². The first-order valence-electron chi connectivity index (χ1n) is 7.17. The number of amides is 1. The van der Waals surface area contributed by atoms with Crippen LogP contribution < -0.4 is 10.1 Å². The fourth-order valence-electron chi connectivity index (χ4n) is 2.28. The zero-order valence-corrected chi connectivity index (χ0v) is 13.9. The van der Waals surface area contributed by atoms with Crippen molar-refractivity contribution >= 4 is 28.3 Å². The van der Waals surface area contributed by atoms with Gasteiger partial charge in [-0.05, 0) is 18.2 Å². The second kappa shape index (κ2) is 6.87. The Morgan fingerprint density at radius 1 is 1.33 bits per heavy atom. The van der Waals surface area contributed by atoms with E-state index in [1.165, 1.54) is 20.2 Å². The maximum Gasteiger partial charge on any atom is 0.221 e. The Balaban J connectivity index is 2.50. The smallest absolute Gasteiger partial charge is 0.221 e. The largest absolute Gasteiger partial charge is 0.495 e. The van der Waals surface area contributed by atoms with Gasteiger partial charge in [-0.25, -0.2) is 0 Å². The van der Waals surface area contributed by atoms with Gasteiger partial charge in [0.1, 0.15) is 17.4 Å². The van der Waals surface area contributed by atoms with Crippen molar-refractivity contribution in [3.8, 4) is 11.8 Å². The Kier molecular flexibility index (Phi) is 4.90. The summed E-state index contributed by atoms with van der Waals surface area (Å²) in [5, 5.41) is 12.6.